The van der Waals surface area contributed by atoms with E-state index in [1.54, 1.807) is 0 Å². The van der Waals surface area contributed by atoms with E-state index in [1.807, 2.05) is 0 Å². The Morgan fingerprint density at radius 2 is 1.76 bits per heavy atom. The lowest BCUT2D eigenvalue weighted by Crippen LogP contribution is -2.62. The van der Waals surface area contributed by atoms with E-state index in [2.05, 4.69) is 9.88 Å². The number of aliphatic hydroxyl groups is 5. The largest absolute Gasteiger partial charge is 0.391 e. The van der Waals surface area contributed by atoms with Gasteiger partial charge in [0.05, 0.1) is 13.2 Å². The third kappa shape index (κ3) is 5.67. The fourth-order valence-corrected chi connectivity index (χ4v) is 1.03. The van der Waals surface area contributed by atoms with Gasteiger partial charge in [-0.25, -0.2) is 5.14 Å². The van der Waals surface area contributed by atoms with Crippen molar-refractivity contribution in [1.82, 2.24) is 0 Å². The molecule has 104 valence electrons. The highest BCUT2D eigenvalue weighted by Gasteiger charge is 2.47. The lowest BCUT2D eigenvalue weighted by atomic mass is 9.98. The van der Waals surface area contributed by atoms with Gasteiger partial charge in [0, 0.05) is 0 Å². The number of ether oxygens (including phenoxy) is 1. The Labute approximate surface area is 96.8 Å². The zero-order valence-electron chi connectivity index (χ0n) is 8.54. The molecule has 1 fully saturated rings. The van der Waals surface area contributed by atoms with E-state index in [4.69, 9.17) is 33.4 Å². The van der Waals surface area contributed by atoms with Crippen LogP contribution >= 0.6 is 0 Å². The minimum absolute atomic E-state index is 0.324. The van der Waals surface area contributed by atoms with Crippen LogP contribution in [-0.2, 0) is 15.0 Å². The van der Waals surface area contributed by atoms with E-state index in [1.165, 1.54) is 0 Å². The van der Waals surface area contributed by atoms with Crippen LogP contribution in [0.3, 0.4) is 0 Å². The minimum atomic E-state index is -4.17. The van der Waals surface area contributed by atoms with Crippen LogP contribution in [0, 0.1) is 0 Å². The van der Waals surface area contributed by atoms with E-state index in [-0.39, 0.29) is 6.61 Å². The van der Waals surface area contributed by atoms with Crippen molar-refractivity contribution in [2.75, 3.05) is 13.2 Å². The van der Waals surface area contributed by atoms with Crippen molar-refractivity contribution in [3.8, 4) is 0 Å². The second-order valence-electron chi connectivity index (χ2n) is 3.33. The number of rotatable bonds is 1. The Balaban J connectivity index is 0.000000437. The molecule has 1 unspecified atom stereocenters. The molecule has 0 spiro atoms. The summed E-state index contributed by atoms with van der Waals surface area (Å²) in [7, 11) is -4.17. The first-order valence-electron chi connectivity index (χ1n) is 4.28. The van der Waals surface area contributed by atoms with Gasteiger partial charge >= 0.3 is 10.3 Å². The maximum Gasteiger partial charge on any atom is 0.330 e. The summed E-state index contributed by atoms with van der Waals surface area (Å²) in [5.74, 6) is -2.17. The lowest BCUT2D eigenvalue weighted by molar-refractivity contribution is -0.331. The monoisotopic (exact) mass is 277 g/mol. The molecule has 1 heterocycles. The smallest absolute Gasteiger partial charge is 0.330 e. The third-order valence-electron chi connectivity index (χ3n) is 1.91. The zero-order chi connectivity index (χ0) is 13.9. The molecule has 11 heteroatoms. The molecule has 4 atom stereocenters. The highest BCUT2D eigenvalue weighted by molar-refractivity contribution is 7.83. The Hall–Kier alpha value is -0.370. The molecule has 0 aliphatic carbocycles. The van der Waals surface area contributed by atoms with Gasteiger partial charge in [0.1, 0.15) is 18.3 Å². The summed E-state index contributed by atoms with van der Waals surface area (Å²) in [6.45, 7) is -1.16. The molecule has 1 aliphatic heterocycles. The fraction of sp³-hybridized carbons (Fsp3) is 1.00. The molecule has 1 aliphatic rings. The van der Waals surface area contributed by atoms with Gasteiger partial charge in [0.25, 0.3) is 0 Å². The van der Waals surface area contributed by atoms with Gasteiger partial charge < -0.3 is 30.3 Å². The SMILES string of the molecule is NS(=O)(=O)O.OCC1(O)OC[C@@H](O)[C@@H](O)[C@@H]1O. The van der Waals surface area contributed by atoms with Gasteiger partial charge in [0.2, 0.25) is 5.79 Å². The second-order valence-corrected chi connectivity index (χ2v) is 4.36. The normalized spacial score (nSPS) is 38.2. The number of aliphatic hydroxyl groups excluding tert-OH is 4. The van der Waals surface area contributed by atoms with Gasteiger partial charge in [-0.05, 0) is 0 Å². The van der Waals surface area contributed by atoms with Crippen LogP contribution in [0.2, 0.25) is 0 Å². The Bertz CT molecular complexity index is 324. The second kappa shape index (κ2) is 5.99. The predicted octanol–water partition coefficient (Wildman–Crippen LogP) is -4.47. The van der Waals surface area contributed by atoms with E-state index in [0.29, 0.717) is 0 Å². The standard InChI is InChI=1S/C6H12O6.H3NO3S/c7-2-6(11)5(10)4(9)3(8)1-12-6;1-5(2,3)4/h3-5,7-11H,1-2H2;(H3,1,2,3,4)/t3-,4-,5+,6?;/m1./s1. The van der Waals surface area contributed by atoms with Gasteiger partial charge in [-0.3, -0.25) is 4.55 Å². The van der Waals surface area contributed by atoms with Crippen LogP contribution < -0.4 is 5.14 Å². The summed E-state index contributed by atoms with van der Waals surface area (Å²) < 4.78 is 29.8. The van der Waals surface area contributed by atoms with Crippen LogP contribution in [0.4, 0.5) is 0 Å². The zero-order valence-corrected chi connectivity index (χ0v) is 9.36. The summed E-state index contributed by atoms with van der Waals surface area (Å²) in [5, 5.41) is 48.9. The summed E-state index contributed by atoms with van der Waals surface area (Å²) in [4.78, 5) is 0. The molecule has 0 aromatic heterocycles. The van der Waals surface area contributed by atoms with Gasteiger partial charge in [0.15, 0.2) is 0 Å². The van der Waals surface area contributed by atoms with Crippen LogP contribution in [0.1, 0.15) is 0 Å². The van der Waals surface area contributed by atoms with Crippen LogP contribution in [0.5, 0.6) is 0 Å². The van der Waals surface area contributed by atoms with Crippen molar-refractivity contribution in [2.24, 2.45) is 5.14 Å². The molecule has 1 saturated heterocycles. The van der Waals surface area contributed by atoms with Crippen LogP contribution in [0.25, 0.3) is 0 Å². The summed E-state index contributed by atoms with van der Waals surface area (Å²) in [6, 6.07) is 0. The summed E-state index contributed by atoms with van der Waals surface area (Å²) in [6.07, 6.45) is -4.45. The molecular weight excluding hydrogens is 262 g/mol. The first-order chi connectivity index (χ1) is 7.51. The first kappa shape index (κ1) is 16.6. The van der Waals surface area contributed by atoms with Crippen molar-refractivity contribution in [1.29, 1.82) is 0 Å². The van der Waals surface area contributed by atoms with E-state index < -0.39 is 41.0 Å². The molecule has 0 saturated carbocycles. The quantitative estimate of drug-likeness (QED) is 0.231. The Kier molecular flexibility index (Phi) is 5.86. The number of hydrogen-bond donors (Lipinski definition) is 7. The lowest BCUT2D eigenvalue weighted by Gasteiger charge is -2.40. The van der Waals surface area contributed by atoms with E-state index >= 15 is 0 Å². The number of hydrogen-bond acceptors (Lipinski definition) is 8. The molecule has 0 bridgehead atoms. The molecule has 0 radical (unpaired) electrons. The Morgan fingerprint density at radius 3 is 2.12 bits per heavy atom. The summed E-state index contributed by atoms with van der Waals surface area (Å²) >= 11 is 0. The van der Waals surface area contributed by atoms with E-state index in [9.17, 15) is 5.11 Å². The average molecular weight is 277 g/mol. The maximum atomic E-state index is 9.24. The molecule has 17 heavy (non-hydrogen) atoms. The van der Waals surface area contributed by atoms with Crippen molar-refractivity contribution < 1.29 is 43.2 Å². The molecule has 0 aromatic rings. The molecule has 1 rings (SSSR count). The highest BCUT2D eigenvalue weighted by atomic mass is 32.2. The van der Waals surface area contributed by atoms with Crippen LogP contribution in [0.15, 0.2) is 0 Å². The molecule has 0 aromatic carbocycles. The van der Waals surface area contributed by atoms with Gasteiger partial charge in [-0.15, -0.1) is 0 Å². The molecule has 0 amide bonds. The molecule has 8 N–H and O–H groups in total. The van der Waals surface area contributed by atoms with Gasteiger partial charge in [-0.1, -0.05) is 0 Å². The fourth-order valence-electron chi connectivity index (χ4n) is 1.03. The van der Waals surface area contributed by atoms with Crippen molar-refractivity contribution in [3.63, 3.8) is 0 Å². The molecular formula is C6H15NO9S. The first-order valence-corrected chi connectivity index (χ1v) is 5.78. The number of nitrogens with two attached hydrogens (primary N) is 1. The minimum Gasteiger partial charge on any atom is -0.391 e. The average Bonchev–Trinajstić information content (AvgIpc) is 2.19. The van der Waals surface area contributed by atoms with Crippen molar-refractivity contribution >= 4 is 10.3 Å². The van der Waals surface area contributed by atoms with Crippen molar-refractivity contribution in [3.05, 3.63) is 0 Å². The highest BCUT2D eigenvalue weighted by Crippen LogP contribution is 2.22. The topological polar surface area (TPSA) is 191 Å². The third-order valence-corrected chi connectivity index (χ3v) is 1.91. The van der Waals surface area contributed by atoms with Gasteiger partial charge in [-0.2, -0.15) is 8.42 Å². The predicted molar refractivity (Wildman–Crippen MR) is 51.7 cm³/mol. The van der Waals surface area contributed by atoms with Crippen LogP contribution in [-0.4, -0.2) is 75.8 Å². The van der Waals surface area contributed by atoms with Crippen molar-refractivity contribution in [2.45, 2.75) is 24.1 Å². The maximum absolute atomic E-state index is 9.24. The molecule has 10 nitrogen and oxygen atoms in total. The Morgan fingerprint density at radius 1 is 1.35 bits per heavy atom. The van der Waals surface area contributed by atoms with E-state index in [0.717, 1.165) is 0 Å². The summed E-state index contributed by atoms with van der Waals surface area (Å²) in [5.41, 5.74) is 0.